The first-order valence-corrected chi connectivity index (χ1v) is 9.72. The van der Waals surface area contributed by atoms with Crippen molar-refractivity contribution >= 4 is 48.8 Å². The van der Waals surface area contributed by atoms with E-state index in [0.29, 0.717) is 36.9 Å². The topological polar surface area (TPSA) is 104 Å². The van der Waals surface area contributed by atoms with Gasteiger partial charge in [0.25, 0.3) is 5.91 Å². The number of anilines is 1. The molecule has 0 radical (unpaired) electrons. The summed E-state index contributed by atoms with van der Waals surface area (Å²) in [5.41, 5.74) is 3.79. The van der Waals surface area contributed by atoms with Gasteiger partial charge in [0, 0.05) is 21.9 Å². The van der Waals surface area contributed by atoms with E-state index in [9.17, 15) is 4.79 Å². The van der Waals surface area contributed by atoms with Crippen molar-refractivity contribution < 1.29 is 4.79 Å². The maximum Gasteiger partial charge on any atom is 0.260 e. The summed E-state index contributed by atoms with van der Waals surface area (Å²) in [4.78, 5) is 30.5. The number of benzene rings is 1. The predicted molar refractivity (Wildman–Crippen MR) is 110 cm³/mol. The van der Waals surface area contributed by atoms with E-state index in [0.717, 1.165) is 11.3 Å². The first kappa shape index (κ1) is 18.2. The Balaban J connectivity index is 1.61. The minimum Gasteiger partial charge on any atom is -0.298 e. The standard InChI is InChI=1S/C19H11BrN6OS/c1-10-6-14(20)13(8-22-10)17(27)26-19-25-16-18(28-19)24-15(9-23-16)12-4-2-11(7-21)3-5-12/h2-6,8-9H,1H3,(H,23,25,26,27). The summed E-state index contributed by atoms with van der Waals surface area (Å²) in [7, 11) is 0. The van der Waals surface area contributed by atoms with Crippen LogP contribution in [0.15, 0.2) is 47.2 Å². The van der Waals surface area contributed by atoms with Crippen LogP contribution in [-0.4, -0.2) is 25.8 Å². The molecule has 1 aromatic carbocycles. The van der Waals surface area contributed by atoms with Gasteiger partial charge in [-0.1, -0.05) is 23.5 Å². The van der Waals surface area contributed by atoms with Crippen molar-refractivity contribution in [1.29, 1.82) is 5.26 Å². The fourth-order valence-electron chi connectivity index (χ4n) is 2.49. The Bertz CT molecular complexity index is 1250. The molecule has 3 heterocycles. The average Bonchev–Trinajstić information content (AvgIpc) is 3.09. The highest BCUT2D eigenvalue weighted by molar-refractivity contribution is 9.10. The summed E-state index contributed by atoms with van der Waals surface area (Å²) in [5.74, 6) is -0.314. The molecule has 1 N–H and O–H groups in total. The van der Waals surface area contributed by atoms with E-state index < -0.39 is 0 Å². The number of amides is 1. The van der Waals surface area contributed by atoms with E-state index in [1.807, 2.05) is 19.1 Å². The van der Waals surface area contributed by atoms with Gasteiger partial charge in [0.15, 0.2) is 15.6 Å². The number of rotatable bonds is 3. The van der Waals surface area contributed by atoms with Crippen molar-refractivity contribution in [2.75, 3.05) is 5.32 Å². The molecule has 0 atom stereocenters. The molecule has 4 aromatic rings. The third-order valence-corrected chi connectivity index (χ3v) is 5.40. The monoisotopic (exact) mass is 450 g/mol. The van der Waals surface area contributed by atoms with Gasteiger partial charge in [-0.25, -0.2) is 9.97 Å². The Hall–Kier alpha value is -3.22. The van der Waals surface area contributed by atoms with Crippen LogP contribution >= 0.6 is 27.3 Å². The molecule has 0 aliphatic heterocycles. The predicted octanol–water partition coefficient (Wildman–Crippen LogP) is 4.34. The van der Waals surface area contributed by atoms with E-state index >= 15 is 0 Å². The second kappa shape index (κ2) is 7.42. The van der Waals surface area contributed by atoms with Gasteiger partial charge in [-0.2, -0.15) is 10.2 Å². The molecule has 7 nitrogen and oxygen atoms in total. The average molecular weight is 451 g/mol. The second-order valence-electron chi connectivity index (χ2n) is 5.85. The number of nitrogens with one attached hydrogen (secondary N) is 1. The van der Waals surface area contributed by atoms with Crippen LogP contribution in [-0.2, 0) is 0 Å². The molecule has 0 aliphatic rings. The normalized spacial score (nSPS) is 10.6. The number of hydrogen-bond acceptors (Lipinski definition) is 7. The number of thiazole rings is 1. The number of pyridine rings is 1. The largest absolute Gasteiger partial charge is 0.298 e. The third-order valence-electron chi connectivity index (χ3n) is 3.89. The van der Waals surface area contributed by atoms with Gasteiger partial charge in [0.05, 0.1) is 29.1 Å². The van der Waals surface area contributed by atoms with E-state index in [2.05, 4.69) is 47.3 Å². The van der Waals surface area contributed by atoms with Crippen LogP contribution in [0, 0.1) is 18.3 Å². The zero-order valence-corrected chi connectivity index (χ0v) is 16.9. The summed E-state index contributed by atoms with van der Waals surface area (Å²) in [6.07, 6.45) is 3.14. The molecule has 0 unspecified atom stereocenters. The molecular weight excluding hydrogens is 440 g/mol. The molecule has 9 heteroatoms. The number of nitrogens with zero attached hydrogens (tertiary/aromatic N) is 5. The minimum absolute atomic E-state index is 0.314. The van der Waals surface area contributed by atoms with Gasteiger partial charge in [-0.15, -0.1) is 0 Å². The summed E-state index contributed by atoms with van der Waals surface area (Å²) in [6, 6.07) is 11.0. The fraction of sp³-hybridized carbons (Fsp3) is 0.0526. The van der Waals surface area contributed by atoms with E-state index in [1.54, 1.807) is 24.4 Å². The molecule has 0 saturated carbocycles. The fourth-order valence-corrected chi connectivity index (χ4v) is 3.89. The van der Waals surface area contributed by atoms with Gasteiger partial charge >= 0.3 is 0 Å². The number of fused-ring (bicyclic) bond motifs is 1. The van der Waals surface area contributed by atoms with E-state index in [4.69, 9.17) is 5.26 Å². The lowest BCUT2D eigenvalue weighted by Gasteiger charge is -2.04. The first-order valence-electron chi connectivity index (χ1n) is 8.11. The van der Waals surface area contributed by atoms with Crippen LogP contribution in [0.5, 0.6) is 0 Å². The summed E-state index contributed by atoms with van der Waals surface area (Å²) in [5, 5.41) is 12.1. The van der Waals surface area contributed by atoms with Gasteiger partial charge < -0.3 is 0 Å². The zero-order valence-electron chi connectivity index (χ0n) is 14.5. The molecule has 0 saturated heterocycles. The number of nitriles is 1. The maximum atomic E-state index is 12.5. The van der Waals surface area contributed by atoms with Crippen molar-refractivity contribution in [1.82, 2.24) is 19.9 Å². The Kier molecular flexibility index (Phi) is 4.81. The Labute approximate surface area is 172 Å². The van der Waals surface area contributed by atoms with Crippen molar-refractivity contribution in [3.05, 3.63) is 64.0 Å². The van der Waals surface area contributed by atoms with Gasteiger partial charge in [0.1, 0.15) is 0 Å². The molecule has 136 valence electrons. The second-order valence-corrected chi connectivity index (χ2v) is 7.68. The smallest absolute Gasteiger partial charge is 0.260 e. The Morgan fingerprint density at radius 2 is 1.96 bits per heavy atom. The molecule has 1 amide bonds. The van der Waals surface area contributed by atoms with Gasteiger partial charge in [0.2, 0.25) is 0 Å². The lowest BCUT2D eigenvalue weighted by Crippen LogP contribution is -2.13. The zero-order chi connectivity index (χ0) is 19.7. The number of carbonyl (C=O) groups is 1. The Morgan fingerprint density at radius 1 is 1.18 bits per heavy atom. The molecule has 0 aliphatic carbocycles. The van der Waals surface area contributed by atoms with Crippen LogP contribution in [0.25, 0.3) is 21.7 Å². The summed E-state index contributed by atoms with van der Waals surface area (Å²) < 4.78 is 0.665. The van der Waals surface area contributed by atoms with E-state index in [-0.39, 0.29) is 5.91 Å². The van der Waals surface area contributed by atoms with Crippen molar-refractivity contribution in [3.63, 3.8) is 0 Å². The van der Waals surface area contributed by atoms with Crippen molar-refractivity contribution in [2.24, 2.45) is 0 Å². The molecule has 4 rings (SSSR count). The van der Waals surface area contributed by atoms with E-state index in [1.165, 1.54) is 17.5 Å². The molecule has 0 spiro atoms. The quantitative estimate of drug-likeness (QED) is 0.497. The van der Waals surface area contributed by atoms with Crippen molar-refractivity contribution in [3.8, 4) is 17.3 Å². The molecule has 28 heavy (non-hydrogen) atoms. The van der Waals surface area contributed by atoms with Crippen LogP contribution in [0.1, 0.15) is 21.6 Å². The highest BCUT2D eigenvalue weighted by atomic mass is 79.9. The number of carbonyl (C=O) groups excluding carboxylic acids is 1. The lowest BCUT2D eigenvalue weighted by atomic mass is 10.1. The number of aryl methyl sites for hydroxylation is 1. The third kappa shape index (κ3) is 3.60. The highest BCUT2D eigenvalue weighted by Gasteiger charge is 2.15. The number of aromatic nitrogens is 4. The summed E-state index contributed by atoms with van der Waals surface area (Å²) in [6.45, 7) is 1.85. The SMILES string of the molecule is Cc1cc(Br)c(C(=O)Nc2nc3ncc(-c4ccc(C#N)cc4)nc3s2)cn1. The Morgan fingerprint density at radius 3 is 2.68 bits per heavy atom. The number of hydrogen-bond donors (Lipinski definition) is 1. The van der Waals surface area contributed by atoms with Crippen LogP contribution in [0.3, 0.4) is 0 Å². The number of halogens is 1. The van der Waals surface area contributed by atoms with Crippen LogP contribution in [0.2, 0.25) is 0 Å². The molecule has 3 aromatic heterocycles. The maximum absolute atomic E-state index is 12.5. The lowest BCUT2D eigenvalue weighted by molar-refractivity contribution is 0.102. The van der Waals surface area contributed by atoms with Crippen molar-refractivity contribution in [2.45, 2.75) is 6.92 Å². The van der Waals surface area contributed by atoms with Gasteiger partial charge in [-0.05, 0) is 41.1 Å². The van der Waals surface area contributed by atoms with Crippen LogP contribution < -0.4 is 5.32 Å². The van der Waals surface area contributed by atoms with Crippen LogP contribution in [0.4, 0.5) is 5.13 Å². The highest BCUT2D eigenvalue weighted by Crippen LogP contribution is 2.27. The minimum atomic E-state index is -0.314. The first-order chi connectivity index (χ1) is 13.5. The molecular formula is C19H11BrN6OS. The molecule has 0 bridgehead atoms. The van der Waals surface area contributed by atoms with Gasteiger partial charge in [-0.3, -0.25) is 15.1 Å². The molecule has 0 fully saturated rings. The summed E-state index contributed by atoms with van der Waals surface area (Å²) >= 11 is 4.62.